The van der Waals surface area contributed by atoms with E-state index in [9.17, 15) is 18.0 Å². The number of fused-ring (bicyclic) bond motifs is 3. The molecule has 2 aliphatic rings. The number of benzene rings is 2. The van der Waals surface area contributed by atoms with Gasteiger partial charge >= 0.3 is 6.18 Å². The molecule has 0 saturated heterocycles. The largest absolute Gasteiger partial charge is 0.416 e. The fraction of sp³-hybridized carbons (Fsp3) is 0.500. The molecular weight excluding hydrogens is 427 g/mol. The Balaban J connectivity index is 1.52. The van der Waals surface area contributed by atoms with E-state index in [2.05, 4.69) is 22.8 Å². The molecule has 0 radical (unpaired) electrons. The summed E-state index contributed by atoms with van der Waals surface area (Å²) in [4.78, 5) is 14.3. The van der Waals surface area contributed by atoms with Gasteiger partial charge in [0, 0.05) is 25.2 Å². The lowest BCUT2D eigenvalue weighted by Crippen LogP contribution is -2.31. The van der Waals surface area contributed by atoms with Crippen molar-refractivity contribution in [2.24, 2.45) is 11.8 Å². The number of hydrogen-bond acceptors (Lipinski definition) is 3. The molecule has 1 saturated carbocycles. The standard InChI is InChI=1S/C26H32F3N3O/c1-32(2)13-12-30-24(33)11-8-17-14-20-21-16-19(26(27,28)29)9-10-23(21)31-25(22(20)15-17)18-6-4-3-5-7-18/h3-7,9-10,16-17,20,22,25,31H,8,11-15H2,1-2H3,(H,30,33)/t17-,20+,22+,25-/m0/s1. The average Bonchev–Trinajstić information content (AvgIpc) is 3.21. The summed E-state index contributed by atoms with van der Waals surface area (Å²) < 4.78 is 40.2. The Labute approximate surface area is 193 Å². The van der Waals surface area contributed by atoms with Gasteiger partial charge in [-0.15, -0.1) is 0 Å². The van der Waals surface area contributed by atoms with E-state index < -0.39 is 11.7 Å². The number of carbonyl (C=O) groups excluding carboxylic acids is 1. The van der Waals surface area contributed by atoms with Gasteiger partial charge in [-0.3, -0.25) is 4.79 Å². The van der Waals surface area contributed by atoms with Gasteiger partial charge in [-0.2, -0.15) is 13.2 Å². The predicted octanol–water partition coefficient (Wildman–Crippen LogP) is 5.44. The molecule has 1 aliphatic carbocycles. The molecule has 4 nitrogen and oxygen atoms in total. The summed E-state index contributed by atoms with van der Waals surface area (Å²) in [5.74, 6) is 0.609. The molecule has 178 valence electrons. The summed E-state index contributed by atoms with van der Waals surface area (Å²) in [6, 6.07) is 14.3. The van der Waals surface area contributed by atoms with E-state index in [4.69, 9.17) is 0 Å². The summed E-state index contributed by atoms with van der Waals surface area (Å²) in [6.07, 6.45) is -1.43. The normalized spacial score (nSPS) is 24.2. The van der Waals surface area contributed by atoms with E-state index >= 15 is 0 Å². The average molecular weight is 460 g/mol. The van der Waals surface area contributed by atoms with Crippen LogP contribution in [0.1, 0.15) is 54.3 Å². The number of nitrogens with zero attached hydrogens (tertiary/aromatic N) is 1. The van der Waals surface area contributed by atoms with E-state index in [0.29, 0.717) is 18.9 Å². The number of hydrogen-bond donors (Lipinski definition) is 2. The molecule has 2 aromatic carbocycles. The highest BCUT2D eigenvalue weighted by molar-refractivity contribution is 5.75. The number of amides is 1. The fourth-order valence-electron chi connectivity index (χ4n) is 5.43. The lowest BCUT2D eigenvalue weighted by Gasteiger charge is -2.38. The van der Waals surface area contributed by atoms with Crippen molar-refractivity contribution in [2.75, 3.05) is 32.5 Å². The van der Waals surface area contributed by atoms with Crippen molar-refractivity contribution < 1.29 is 18.0 Å². The smallest absolute Gasteiger partial charge is 0.378 e. The highest BCUT2D eigenvalue weighted by atomic mass is 19.4. The van der Waals surface area contributed by atoms with Gasteiger partial charge in [0.25, 0.3) is 0 Å². The Bertz CT molecular complexity index is 961. The molecule has 0 aromatic heterocycles. The first kappa shape index (κ1) is 23.6. The first-order chi connectivity index (χ1) is 15.7. The number of halogens is 3. The Morgan fingerprint density at radius 3 is 2.58 bits per heavy atom. The van der Waals surface area contributed by atoms with Crippen molar-refractivity contribution >= 4 is 11.6 Å². The molecule has 0 spiro atoms. The van der Waals surface area contributed by atoms with Gasteiger partial charge in [-0.25, -0.2) is 0 Å². The van der Waals surface area contributed by atoms with Crippen LogP contribution in [0.3, 0.4) is 0 Å². The molecule has 7 heteroatoms. The van der Waals surface area contributed by atoms with E-state index in [-0.39, 0.29) is 23.8 Å². The quantitative estimate of drug-likeness (QED) is 0.580. The second kappa shape index (κ2) is 9.75. The lowest BCUT2D eigenvalue weighted by atomic mass is 9.77. The molecule has 2 aromatic rings. The van der Waals surface area contributed by atoms with E-state index in [1.165, 1.54) is 12.1 Å². The van der Waals surface area contributed by atoms with Crippen molar-refractivity contribution in [3.8, 4) is 0 Å². The number of rotatable bonds is 7. The summed E-state index contributed by atoms with van der Waals surface area (Å²) in [7, 11) is 3.93. The minimum Gasteiger partial charge on any atom is -0.378 e. The number of likely N-dealkylation sites (N-methyl/N-ethyl adjacent to an activating group) is 1. The van der Waals surface area contributed by atoms with Gasteiger partial charge in [-0.1, -0.05) is 30.3 Å². The molecule has 4 rings (SSSR count). The maximum absolute atomic E-state index is 13.4. The van der Waals surface area contributed by atoms with Crippen molar-refractivity contribution in [2.45, 2.75) is 43.8 Å². The van der Waals surface area contributed by atoms with Crippen LogP contribution >= 0.6 is 0 Å². The molecule has 1 fully saturated rings. The van der Waals surface area contributed by atoms with Crippen LogP contribution in [0.2, 0.25) is 0 Å². The molecule has 4 atom stereocenters. The lowest BCUT2D eigenvalue weighted by molar-refractivity contribution is -0.137. The molecule has 33 heavy (non-hydrogen) atoms. The van der Waals surface area contributed by atoms with Crippen molar-refractivity contribution in [1.29, 1.82) is 0 Å². The van der Waals surface area contributed by atoms with Crippen LogP contribution in [0.4, 0.5) is 18.9 Å². The third-order valence-corrected chi connectivity index (χ3v) is 7.05. The number of anilines is 1. The molecular formula is C26H32F3N3O. The van der Waals surface area contributed by atoms with Crippen LogP contribution in [0.15, 0.2) is 48.5 Å². The zero-order valence-electron chi connectivity index (χ0n) is 19.2. The highest BCUT2D eigenvalue weighted by Gasteiger charge is 2.45. The topological polar surface area (TPSA) is 44.4 Å². The Hall–Kier alpha value is -2.54. The van der Waals surface area contributed by atoms with Crippen molar-refractivity contribution in [1.82, 2.24) is 10.2 Å². The summed E-state index contributed by atoms with van der Waals surface area (Å²) >= 11 is 0. The number of alkyl halides is 3. The highest BCUT2D eigenvalue weighted by Crippen LogP contribution is 2.56. The van der Waals surface area contributed by atoms with E-state index in [1.54, 1.807) is 6.07 Å². The van der Waals surface area contributed by atoms with Gasteiger partial charge in [-0.05, 0) is 80.4 Å². The van der Waals surface area contributed by atoms with Gasteiger partial charge in [0.2, 0.25) is 5.91 Å². The van der Waals surface area contributed by atoms with Crippen LogP contribution in [0.25, 0.3) is 0 Å². The first-order valence-electron chi connectivity index (χ1n) is 11.7. The van der Waals surface area contributed by atoms with Gasteiger partial charge in [0.15, 0.2) is 0 Å². The third kappa shape index (κ3) is 5.52. The second-order valence-corrected chi connectivity index (χ2v) is 9.63. The summed E-state index contributed by atoms with van der Waals surface area (Å²) in [6.45, 7) is 1.41. The fourth-order valence-corrected chi connectivity index (χ4v) is 5.43. The minimum absolute atomic E-state index is 0.0456. The van der Waals surface area contributed by atoms with Crippen LogP contribution in [0, 0.1) is 11.8 Å². The van der Waals surface area contributed by atoms with E-state index in [1.807, 2.05) is 37.2 Å². The van der Waals surface area contributed by atoms with Crippen molar-refractivity contribution in [3.05, 3.63) is 65.2 Å². The molecule has 2 N–H and O–H groups in total. The number of nitrogens with one attached hydrogen (secondary N) is 2. The second-order valence-electron chi connectivity index (χ2n) is 9.63. The van der Waals surface area contributed by atoms with Crippen molar-refractivity contribution in [3.63, 3.8) is 0 Å². The molecule has 0 unspecified atom stereocenters. The van der Waals surface area contributed by atoms with E-state index in [0.717, 1.165) is 42.6 Å². The SMILES string of the molecule is CN(C)CCNC(=O)CC[C@@H]1C[C@@H]2[C@H](C1)c1cc(C(F)(F)F)ccc1N[C@H]2c1ccccc1. The van der Waals surface area contributed by atoms with Crippen LogP contribution in [0.5, 0.6) is 0 Å². The van der Waals surface area contributed by atoms with Crippen LogP contribution in [-0.4, -0.2) is 38.0 Å². The maximum atomic E-state index is 13.4. The van der Waals surface area contributed by atoms with Gasteiger partial charge < -0.3 is 15.5 Å². The zero-order valence-corrected chi connectivity index (χ0v) is 19.2. The molecule has 0 bridgehead atoms. The zero-order chi connectivity index (χ0) is 23.6. The third-order valence-electron chi connectivity index (χ3n) is 7.05. The monoisotopic (exact) mass is 459 g/mol. The molecule has 1 amide bonds. The minimum atomic E-state index is -4.36. The predicted molar refractivity (Wildman–Crippen MR) is 124 cm³/mol. The molecule has 1 heterocycles. The Kier molecular flexibility index (Phi) is 6.98. The molecule has 1 aliphatic heterocycles. The number of carbonyl (C=O) groups is 1. The van der Waals surface area contributed by atoms with Crippen LogP contribution < -0.4 is 10.6 Å². The van der Waals surface area contributed by atoms with Gasteiger partial charge in [0.05, 0.1) is 11.6 Å². The first-order valence-corrected chi connectivity index (χ1v) is 11.7. The van der Waals surface area contributed by atoms with Crippen LogP contribution in [-0.2, 0) is 11.0 Å². The summed E-state index contributed by atoms with van der Waals surface area (Å²) in [5, 5.41) is 6.49. The Morgan fingerprint density at radius 2 is 1.88 bits per heavy atom. The Morgan fingerprint density at radius 1 is 1.12 bits per heavy atom. The summed E-state index contributed by atoms with van der Waals surface area (Å²) in [5.41, 5.74) is 2.11. The maximum Gasteiger partial charge on any atom is 0.416 e. The van der Waals surface area contributed by atoms with Gasteiger partial charge in [0.1, 0.15) is 0 Å².